The smallest absolute Gasteiger partial charge is 0.329 e. The van der Waals surface area contributed by atoms with E-state index < -0.39 is 153 Å². The molecule has 1 saturated carbocycles. The first-order valence-electron chi connectivity index (χ1n) is 26.9. The second kappa shape index (κ2) is 27.8. The minimum Gasteiger partial charge on any atom is -0.458 e. The van der Waals surface area contributed by atoms with Crippen LogP contribution in [0.1, 0.15) is 120 Å². The van der Waals surface area contributed by atoms with Gasteiger partial charge in [-0.1, -0.05) is 119 Å². The van der Waals surface area contributed by atoms with Crippen LogP contribution in [0.3, 0.4) is 0 Å². The third-order valence-corrected chi connectivity index (χ3v) is 15.7. The van der Waals surface area contributed by atoms with Gasteiger partial charge in [0.05, 0.1) is 0 Å². The van der Waals surface area contributed by atoms with Crippen LogP contribution in [0.25, 0.3) is 0 Å². The van der Waals surface area contributed by atoms with Crippen LogP contribution in [0.15, 0.2) is 84.9 Å². The number of ether oxygens (including phenoxy) is 1. The molecule has 14 atom stereocenters. The van der Waals surface area contributed by atoms with Gasteiger partial charge in [0.2, 0.25) is 48.0 Å². The number of nitrogens with one attached hydrogen (secondary N) is 6. The molecular weight excluding hydrogens is 1060 g/mol. The van der Waals surface area contributed by atoms with Crippen molar-refractivity contribution in [1.29, 1.82) is 0 Å². The number of unbranched alkanes of at least 4 members (excludes halogenated alkanes) is 1. The Kier molecular flexibility index (Phi) is 21.3. The van der Waals surface area contributed by atoms with Crippen LogP contribution < -0.4 is 31.9 Å². The Bertz CT molecular complexity index is 2780. The highest BCUT2D eigenvalue weighted by Crippen LogP contribution is 2.37. The van der Waals surface area contributed by atoms with Gasteiger partial charge in [0, 0.05) is 47.0 Å². The van der Waals surface area contributed by atoms with Gasteiger partial charge in [0.1, 0.15) is 59.2 Å². The zero-order valence-corrected chi connectivity index (χ0v) is 46.2. The monoisotopic (exact) mass is 1130 g/mol. The van der Waals surface area contributed by atoms with Crippen LogP contribution in [0, 0.1) is 38.0 Å². The van der Waals surface area contributed by atoms with Crippen LogP contribution >= 0.6 is 11.6 Å². The molecule has 2 aromatic carbocycles. The lowest BCUT2D eigenvalue weighted by molar-refractivity contribution is -0.498. The van der Waals surface area contributed by atoms with Crippen molar-refractivity contribution in [1.82, 2.24) is 41.5 Å². The Hall–Kier alpha value is -7.89. The van der Waals surface area contributed by atoms with Crippen molar-refractivity contribution in [2.24, 2.45) is 17.8 Å². The molecule has 2 aliphatic heterocycles. The number of amides is 7. The number of esters is 1. The zero-order chi connectivity index (χ0) is 58.5. The van der Waals surface area contributed by atoms with Crippen LogP contribution in [0.2, 0.25) is 5.15 Å². The number of nitro groups is 2. The molecular formula is C55H71ClN10O14. The maximum Gasteiger partial charge on any atom is 0.329 e. The lowest BCUT2D eigenvalue weighted by atomic mass is 9.90. The van der Waals surface area contributed by atoms with Crippen molar-refractivity contribution in [3.05, 3.63) is 127 Å². The molecule has 1 aliphatic carbocycles. The number of carbonyl (C=O) groups excluding carboxylic acids is 8. The molecule has 25 heteroatoms. The van der Waals surface area contributed by atoms with E-state index in [1.165, 1.54) is 17.9 Å². The quantitative estimate of drug-likeness (QED) is 0.0224. The molecule has 3 heterocycles. The first-order valence-corrected chi connectivity index (χ1v) is 27.3. The van der Waals surface area contributed by atoms with Gasteiger partial charge in [0.25, 0.3) is 5.91 Å². The molecule has 6 rings (SSSR count). The zero-order valence-electron chi connectivity index (χ0n) is 45.5. The van der Waals surface area contributed by atoms with Gasteiger partial charge in [-0.25, -0.2) is 4.79 Å². The van der Waals surface area contributed by atoms with Crippen LogP contribution in [-0.4, -0.2) is 140 Å². The highest BCUT2D eigenvalue weighted by Gasteiger charge is 2.51. The maximum atomic E-state index is 15.2. The molecule has 7 amide bonds. The molecule has 1 aromatic heterocycles. The topological polar surface area (TPSA) is 333 Å². The second-order valence-electron chi connectivity index (χ2n) is 21.0. The van der Waals surface area contributed by atoms with Crippen LogP contribution in [-0.2, 0) is 38.3 Å². The van der Waals surface area contributed by atoms with E-state index in [2.05, 4.69) is 31.9 Å². The Morgan fingerprint density at radius 2 is 1.41 bits per heavy atom. The molecule has 7 N–H and O–H groups in total. The standard InChI is InChI=1S/C55H71ClN10O14/c1-7-17-34-26-42-55(74)80-33(6)47(62-49(68)39(27-37-28-41(37)66(78)79)58-50(69)40-23-24-43(56)65(40)77)53(72)61-45(31(4)35-18-11-9-12-19-35)51(70)57-38(22-15-16-25-64(75)76)48(67)60-46(32(5)36-20-13-10-14-21-36)52(71)59-44(30(3)8-2)54(73)63(42)29-34/h7,9-14,17-21,23-24,30-34,37-39,41-42,44-47,77H,8,15-16,22,25-29H2,1-6H3,(H,57,70)(H,58,69)(H,59,71)(H,60,67)(H,61,72)(H,62,68)/b17-7-/t30-,31+,32+,33+,34-,37+,38+,39-,41+,42-,44-,45-,46-,47+/m0/s1. The number of fused-ring (bicyclic) bond motifs is 1. The van der Waals surface area contributed by atoms with Gasteiger partial charge >= 0.3 is 5.97 Å². The molecule has 80 heavy (non-hydrogen) atoms. The minimum atomic E-state index is -1.92. The van der Waals surface area contributed by atoms with Gasteiger partial charge in [-0.3, -0.25) is 53.8 Å². The number of hydrogen-bond donors (Lipinski definition) is 7. The molecule has 432 valence electrons. The summed E-state index contributed by atoms with van der Waals surface area (Å²) in [6.45, 7) is 9.45. The summed E-state index contributed by atoms with van der Waals surface area (Å²) in [4.78, 5) is 142. The molecule has 3 fully saturated rings. The third-order valence-electron chi connectivity index (χ3n) is 15.4. The SMILES string of the molecule is C/C=C\[C@H]1C[C@H]2C(=O)O[C@H](C)[C@@H](NC(=O)[C@H](C[C@@H]3C[C@H]3[N+](=O)[O-])NC(=O)c3ccc(Cl)n3O)C(=O)N[C@@H]([C@H](C)c3ccccc3)C(=O)N[C@H](CCCC[N+](=O)[O-])C(=O)N[C@@H]([C@H](C)c3ccccc3)C(=O)N[C@@H]([C@@H](C)CC)C(=O)N2C1. The molecule has 0 radical (unpaired) electrons. The molecule has 3 aromatic rings. The van der Waals surface area contributed by atoms with E-state index in [4.69, 9.17) is 16.3 Å². The van der Waals surface area contributed by atoms with Gasteiger partial charge < -0.3 is 46.7 Å². The predicted octanol–water partition coefficient (Wildman–Crippen LogP) is 3.80. The summed E-state index contributed by atoms with van der Waals surface area (Å²) in [6, 6.07) is 7.92. The van der Waals surface area contributed by atoms with Crippen molar-refractivity contribution < 1.29 is 58.1 Å². The van der Waals surface area contributed by atoms with Crippen molar-refractivity contribution in [3.8, 4) is 0 Å². The van der Waals surface area contributed by atoms with E-state index in [9.17, 15) is 49.4 Å². The molecule has 0 unspecified atom stereocenters. The van der Waals surface area contributed by atoms with Gasteiger partial charge in [-0.15, -0.1) is 0 Å². The van der Waals surface area contributed by atoms with E-state index in [1.54, 1.807) is 94.4 Å². The normalized spacial score (nSPS) is 26.6. The van der Waals surface area contributed by atoms with Gasteiger partial charge in [-0.2, -0.15) is 4.73 Å². The highest BCUT2D eigenvalue weighted by molar-refractivity contribution is 6.30. The fourth-order valence-electron chi connectivity index (χ4n) is 10.3. The highest BCUT2D eigenvalue weighted by atomic mass is 35.5. The lowest BCUT2D eigenvalue weighted by Crippen LogP contribution is -2.62. The number of nitrogens with zero attached hydrogens (tertiary/aromatic N) is 4. The van der Waals surface area contributed by atoms with E-state index in [0.29, 0.717) is 22.3 Å². The largest absolute Gasteiger partial charge is 0.458 e. The summed E-state index contributed by atoms with van der Waals surface area (Å²) in [5, 5.41) is 49.6. The van der Waals surface area contributed by atoms with Crippen molar-refractivity contribution in [2.45, 2.75) is 153 Å². The number of cyclic esters (lactones) is 1. The lowest BCUT2D eigenvalue weighted by Gasteiger charge is -2.34. The van der Waals surface area contributed by atoms with Gasteiger partial charge in [-0.05, 0) is 74.6 Å². The van der Waals surface area contributed by atoms with Crippen molar-refractivity contribution >= 4 is 58.9 Å². The Balaban J connectivity index is 1.48. The van der Waals surface area contributed by atoms with Crippen LogP contribution in [0.5, 0.6) is 0 Å². The maximum absolute atomic E-state index is 15.2. The van der Waals surface area contributed by atoms with Crippen molar-refractivity contribution in [2.75, 3.05) is 13.1 Å². The Labute approximate surface area is 467 Å². The average Bonchev–Trinajstić information content (AvgIpc) is 4.03. The predicted molar refractivity (Wildman–Crippen MR) is 290 cm³/mol. The second-order valence-corrected chi connectivity index (χ2v) is 21.4. The van der Waals surface area contributed by atoms with Crippen LogP contribution in [0.4, 0.5) is 0 Å². The molecule has 24 nitrogen and oxygen atoms in total. The summed E-state index contributed by atoms with van der Waals surface area (Å²) in [7, 11) is 0. The number of rotatable bonds is 19. The third kappa shape index (κ3) is 15.5. The molecule has 3 aliphatic rings. The molecule has 2 saturated heterocycles. The number of aromatic nitrogens is 1. The number of carbonyl (C=O) groups is 8. The minimum absolute atomic E-state index is 0.00242. The van der Waals surface area contributed by atoms with E-state index >= 15 is 14.4 Å². The number of benzene rings is 2. The van der Waals surface area contributed by atoms with Crippen molar-refractivity contribution in [3.63, 3.8) is 0 Å². The number of allylic oxidation sites excluding steroid dienone is 1. The number of halogens is 1. The fraction of sp³-hybridized carbons (Fsp3) is 0.527. The summed E-state index contributed by atoms with van der Waals surface area (Å²) in [6.07, 6.45) is 1.93. The summed E-state index contributed by atoms with van der Waals surface area (Å²) < 4.78 is 6.43. The molecule has 0 bridgehead atoms. The van der Waals surface area contributed by atoms with E-state index in [0.717, 1.165) is 6.07 Å². The summed E-state index contributed by atoms with van der Waals surface area (Å²) in [5.74, 6) is -10.8. The summed E-state index contributed by atoms with van der Waals surface area (Å²) in [5.41, 5.74) is 0.743. The fourth-order valence-corrected chi connectivity index (χ4v) is 10.4. The Morgan fingerprint density at radius 3 is 1.95 bits per heavy atom. The summed E-state index contributed by atoms with van der Waals surface area (Å²) >= 11 is 5.98. The molecule has 0 spiro atoms. The van der Waals surface area contributed by atoms with E-state index in [1.807, 2.05) is 13.0 Å². The first kappa shape index (κ1) is 61.3. The first-order chi connectivity index (χ1) is 38.0. The van der Waals surface area contributed by atoms with Gasteiger partial charge in [0.15, 0.2) is 0 Å². The van der Waals surface area contributed by atoms with E-state index in [-0.39, 0.29) is 50.2 Å². The average molecular weight is 1130 g/mol. The number of hydrogen-bond acceptors (Lipinski definition) is 14. The Morgan fingerprint density at radius 1 is 0.825 bits per heavy atom.